The van der Waals surface area contributed by atoms with E-state index in [1.54, 1.807) is 4.90 Å². The van der Waals surface area contributed by atoms with E-state index in [0.29, 0.717) is 6.04 Å². The Kier molecular flexibility index (Phi) is 4.95. The monoisotopic (exact) mass is 294 g/mol. The molecule has 1 aliphatic carbocycles. The quantitative estimate of drug-likeness (QED) is 0.851. The molecule has 0 aromatic carbocycles. The fourth-order valence-electron chi connectivity index (χ4n) is 3.41. The van der Waals surface area contributed by atoms with E-state index in [0.717, 1.165) is 38.1 Å². The number of likely N-dealkylation sites (tertiary alicyclic amines) is 1. The Balaban J connectivity index is 1.93. The first-order valence-electron chi connectivity index (χ1n) is 8.40. The fraction of sp³-hybridized carbons (Fsp3) is 0.882. The van der Waals surface area contributed by atoms with E-state index in [1.165, 1.54) is 12.8 Å². The number of carbonyl (C=O) groups excluding carboxylic acids is 2. The summed E-state index contributed by atoms with van der Waals surface area (Å²) in [5.74, 6) is 0.936. The lowest BCUT2D eigenvalue weighted by Gasteiger charge is -2.32. The lowest BCUT2D eigenvalue weighted by atomic mass is 9.87. The van der Waals surface area contributed by atoms with Crippen LogP contribution in [0.2, 0.25) is 0 Å². The molecule has 1 heterocycles. The molecule has 1 saturated heterocycles. The van der Waals surface area contributed by atoms with Gasteiger partial charge in [0.2, 0.25) is 11.8 Å². The molecule has 0 bridgehead atoms. The van der Waals surface area contributed by atoms with Crippen molar-refractivity contribution in [2.75, 3.05) is 6.54 Å². The Morgan fingerprint density at radius 3 is 2.24 bits per heavy atom. The van der Waals surface area contributed by atoms with Gasteiger partial charge in [-0.2, -0.15) is 0 Å². The van der Waals surface area contributed by atoms with Gasteiger partial charge in [0.25, 0.3) is 0 Å². The Hall–Kier alpha value is -1.06. The minimum absolute atomic E-state index is 0.0599. The maximum Gasteiger partial charge on any atom is 0.243 e. The molecule has 0 unspecified atom stereocenters. The van der Waals surface area contributed by atoms with Crippen LogP contribution in [0, 0.1) is 11.3 Å². The van der Waals surface area contributed by atoms with Crippen LogP contribution < -0.4 is 5.32 Å². The average molecular weight is 294 g/mol. The first-order chi connectivity index (χ1) is 9.79. The topological polar surface area (TPSA) is 49.4 Å². The lowest BCUT2D eigenvalue weighted by molar-refractivity contribution is -0.144. The van der Waals surface area contributed by atoms with Crippen molar-refractivity contribution in [2.24, 2.45) is 11.3 Å². The summed E-state index contributed by atoms with van der Waals surface area (Å²) in [5, 5.41) is 3.18. The molecular weight excluding hydrogens is 264 g/mol. The third kappa shape index (κ3) is 3.98. The average Bonchev–Trinajstić information content (AvgIpc) is 2.88. The van der Waals surface area contributed by atoms with Crippen molar-refractivity contribution in [3.8, 4) is 0 Å². The van der Waals surface area contributed by atoms with Crippen LogP contribution in [0.25, 0.3) is 0 Å². The second-order valence-electron chi connectivity index (χ2n) is 7.87. The molecule has 4 heteroatoms. The summed E-state index contributed by atoms with van der Waals surface area (Å²) in [7, 11) is 0. The molecule has 0 aromatic rings. The molecule has 1 N–H and O–H groups in total. The lowest BCUT2D eigenvalue weighted by Crippen LogP contribution is -2.51. The molecule has 1 saturated carbocycles. The summed E-state index contributed by atoms with van der Waals surface area (Å²) >= 11 is 0. The smallest absolute Gasteiger partial charge is 0.243 e. The first kappa shape index (κ1) is 16.3. The van der Waals surface area contributed by atoms with Gasteiger partial charge in [0.05, 0.1) is 0 Å². The summed E-state index contributed by atoms with van der Waals surface area (Å²) in [6.45, 7) is 8.76. The second kappa shape index (κ2) is 6.37. The molecule has 0 radical (unpaired) electrons. The fourth-order valence-corrected chi connectivity index (χ4v) is 3.41. The van der Waals surface area contributed by atoms with Crippen molar-refractivity contribution >= 4 is 11.8 Å². The molecule has 0 spiro atoms. The van der Waals surface area contributed by atoms with Crippen molar-refractivity contribution < 1.29 is 9.59 Å². The number of amides is 2. The molecule has 1 atom stereocenters. The summed E-state index contributed by atoms with van der Waals surface area (Å²) in [6.07, 6.45) is 6.28. The zero-order chi connectivity index (χ0) is 15.6. The molecule has 4 nitrogen and oxygen atoms in total. The predicted octanol–water partition coefficient (Wildman–Crippen LogP) is 2.72. The van der Waals surface area contributed by atoms with Crippen molar-refractivity contribution in [3.63, 3.8) is 0 Å². The summed E-state index contributed by atoms with van der Waals surface area (Å²) in [6, 6.07) is 0.0527. The molecule has 21 heavy (non-hydrogen) atoms. The van der Waals surface area contributed by atoms with E-state index < -0.39 is 5.41 Å². The first-order valence-corrected chi connectivity index (χ1v) is 8.40. The Morgan fingerprint density at radius 2 is 1.67 bits per heavy atom. The van der Waals surface area contributed by atoms with E-state index >= 15 is 0 Å². The minimum Gasteiger partial charge on any atom is -0.352 e. The van der Waals surface area contributed by atoms with Crippen LogP contribution in [0.3, 0.4) is 0 Å². The van der Waals surface area contributed by atoms with Gasteiger partial charge in [0.15, 0.2) is 0 Å². The van der Waals surface area contributed by atoms with Crippen LogP contribution in [-0.2, 0) is 9.59 Å². The molecule has 2 aliphatic rings. The van der Waals surface area contributed by atoms with E-state index in [2.05, 4.69) is 12.2 Å². The van der Waals surface area contributed by atoms with Gasteiger partial charge in [-0.1, -0.05) is 27.7 Å². The number of nitrogens with one attached hydrogen (secondary N) is 1. The second-order valence-corrected chi connectivity index (χ2v) is 7.87. The van der Waals surface area contributed by atoms with Crippen molar-refractivity contribution in [3.05, 3.63) is 0 Å². The van der Waals surface area contributed by atoms with Crippen LogP contribution in [0.4, 0.5) is 0 Å². The Bertz CT molecular complexity index is 392. The Labute approximate surface area is 128 Å². The van der Waals surface area contributed by atoms with Gasteiger partial charge in [-0.15, -0.1) is 0 Å². The third-order valence-electron chi connectivity index (χ3n) is 4.82. The van der Waals surface area contributed by atoms with Gasteiger partial charge in [0, 0.05) is 18.0 Å². The van der Waals surface area contributed by atoms with Gasteiger partial charge < -0.3 is 10.2 Å². The van der Waals surface area contributed by atoms with Crippen molar-refractivity contribution in [1.82, 2.24) is 10.2 Å². The maximum absolute atomic E-state index is 12.5. The van der Waals surface area contributed by atoms with Crippen LogP contribution >= 0.6 is 0 Å². The highest BCUT2D eigenvalue weighted by Crippen LogP contribution is 2.27. The number of nitrogens with zero attached hydrogens (tertiary/aromatic N) is 1. The molecular formula is C17H30N2O2. The predicted molar refractivity (Wildman–Crippen MR) is 83.8 cm³/mol. The van der Waals surface area contributed by atoms with Crippen LogP contribution in [0.1, 0.15) is 66.2 Å². The highest BCUT2D eigenvalue weighted by molar-refractivity contribution is 5.90. The largest absolute Gasteiger partial charge is 0.352 e. The number of hydrogen-bond donors (Lipinski definition) is 1. The molecule has 2 rings (SSSR count). The van der Waals surface area contributed by atoms with Crippen LogP contribution in [-0.4, -0.2) is 35.3 Å². The Morgan fingerprint density at radius 1 is 1.05 bits per heavy atom. The van der Waals surface area contributed by atoms with Crippen LogP contribution in [0.15, 0.2) is 0 Å². The van der Waals surface area contributed by atoms with E-state index in [-0.39, 0.29) is 17.9 Å². The van der Waals surface area contributed by atoms with E-state index in [1.807, 2.05) is 20.8 Å². The summed E-state index contributed by atoms with van der Waals surface area (Å²) in [5.41, 5.74) is -0.414. The van der Waals surface area contributed by atoms with Crippen LogP contribution in [0.5, 0.6) is 0 Å². The van der Waals surface area contributed by atoms with Crippen molar-refractivity contribution in [2.45, 2.75) is 78.3 Å². The standard InChI is InChI=1S/C17H30N2O2/c1-12-7-9-13(10-8-12)18-15(20)14-6-5-11-19(14)16(21)17(2,3)4/h12-14H,5-11H2,1-4H3,(H,18,20)/t12?,13?,14-/m0/s1. The zero-order valence-corrected chi connectivity index (χ0v) is 13.9. The molecule has 0 aromatic heterocycles. The molecule has 1 aliphatic heterocycles. The molecule has 120 valence electrons. The third-order valence-corrected chi connectivity index (χ3v) is 4.82. The highest BCUT2D eigenvalue weighted by Gasteiger charge is 2.39. The molecule has 2 amide bonds. The SMILES string of the molecule is CC1CCC(NC(=O)[C@@H]2CCCN2C(=O)C(C)(C)C)CC1. The van der Waals surface area contributed by atoms with E-state index in [4.69, 9.17) is 0 Å². The number of carbonyl (C=O) groups is 2. The highest BCUT2D eigenvalue weighted by atomic mass is 16.2. The minimum atomic E-state index is -0.414. The summed E-state index contributed by atoms with van der Waals surface area (Å²) < 4.78 is 0. The van der Waals surface area contributed by atoms with Gasteiger partial charge in [-0.05, 0) is 44.4 Å². The normalized spacial score (nSPS) is 30.3. The zero-order valence-electron chi connectivity index (χ0n) is 13.9. The van der Waals surface area contributed by atoms with Gasteiger partial charge in [-0.25, -0.2) is 0 Å². The van der Waals surface area contributed by atoms with Gasteiger partial charge >= 0.3 is 0 Å². The van der Waals surface area contributed by atoms with Crippen molar-refractivity contribution in [1.29, 1.82) is 0 Å². The van der Waals surface area contributed by atoms with Gasteiger partial charge in [-0.3, -0.25) is 9.59 Å². The molecule has 2 fully saturated rings. The number of hydrogen-bond acceptors (Lipinski definition) is 2. The summed E-state index contributed by atoms with van der Waals surface area (Å²) in [4.78, 5) is 26.8. The van der Waals surface area contributed by atoms with Gasteiger partial charge in [0.1, 0.15) is 6.04 Å². The number of rotatable bonds is 2. The maximum atomic E-state index is 12.5. The van der Waals surface area contributed by atoms with E-state index in [9.17, 15) is 9.59 Å².